The van der Waals surface area contributed by atoms with E-state index in [1.807, 2.05) is 0 Å². The van der Waals surface area contributed by atoms with E-state index < -0.39 is 5.60 Å². The van der Waals surface area contributed by atoms with Gasteiger partial charge in [0, 0.05) is 22.1 Å². The summed E-state index contributed by atoms with van der Waals surface area (Å²) >= 11 is 0. The molecule has 1 spiro atoms. The zero-order valence-corrected chi connectivity index (χ0v) is 18.2. The molecule has 1 fully saturated rings. The molecule has 0 saturated carbocycles. The van der Waals surface area contributed by atoms with Crippen LogP contribution in [0.25, 0.3) is 5.57 Å². The van der Waals surface area contributed by atoms with Crippen LogP contribution in [0.3, 0.4) is 0 Å². The van der Waals surface area contributed by atoms with Crippen LogP contribution in [0.15, 0.2) is 5.57 Å². The molecule has 0 aromatic heterocycles. The van der Waals surface area contributed by atoms with E-state index in [2.05, 4.69) is 62.3 Å². The Bertz CT molecular complexity index is 932. The smallest absolute Gasteiger partial charge is 0.340 e. The number of hydrogen-bond acceptors (Lipinski definition) is 3. The molecule has 0 bridgehead atoms. The highest BCUT2D eigenvalue weighted by atomic mass is 16.6. The molecule has 1 aromatic carbocycles. The number of fused-ring (bicyclic) bond motifs is 2. The molecule has 27 heavy (non-hydrogen) atoms. The molecule has 1 atom stereocenters. The number of phenolic OH excluding ortho intramolecular Hbond substituents is 1. The molecule has 0 amide bonds. The van der Waals surface area contributed by atoms with Gasteiger partial charge in [-0.3, -0.25) is 0 Å². The Morgan fingerprint density at radius 1 is 1.00 bits per heavy atom. The SMILES string of the molecule is CCc1c2c(c(C(C)(C)C)c(O)c1C(C)(C)C)CC(C)(C)C13OC(=O)C1=C23. The molecule has 3 heteroatoms. The van der Waals surface area contributed by atoms with Crippen LogP contribution in [0.1, 0.15) is 90.1 Å². The Morgan fingerprint density at radius 2 is 1.56 bits per heavy atom. The molecule has 1 saturated heterocycles. The lowest BCUT2D eigenvalue weighted by atomic mass is 9.63. The predicted molar refractivity (Wildman–Crippen MR) is 108 cm³/mol. The van der Waals surface area contributed by atoms with Gasteiger partial charge in [-0.05, 0) is 40.4 Å². The highest BCUT2D eigenvalue weighted by Gasteiger charge is 2.78. The predicted octanol–water partition coefficient (Wildman–Crippen LogP) is 5.19. The van der Waals surface area contributed by atoms with Crippen molar-refractivity contribution in [2.75, 3.05) is 0 Å². The molecule has 4 rings (SSSR count). The Hall–Kier alpha value is -1.77. The normalized spacial score (nSPS) is 25.3. The van der Waals surface area contributed by atoms with E-state index >= 15 is 0 Å². The third kappa shape index (κ3) is 2.01. The maximum Gasteiger partial charge on any atom is 0.340 e. The van der Waals surface area contributed by atoms with Crippen LogP contribution in [0.4, 0.5) is 0 Å². The first-order chi connectivity index (χ1) is 12.2. The zero-order valence-electron chi connectivity index (χ0n) is 18.2. The minimum atomic E-state index is -0.484. The van der Waals surface area contributed by atoms with Crippen molar-refractivity contribution in [3.05, 3.63) is 33.4 Å². The molecular formula is C24H32O3. The number of rotatable bonds is 1. The highest BCUT2D eigenvalue weighted by molar-refractivity contribution is 6.24. The van der Waals surface area contributed by atoms with Crippen LogP contribution in [-0.2, 0) is 33.2 Å². The van der Waals surface area contributed by atoms with Gasteiger partial charge >= 0.3 is 5.97 Å². The van der Waals surface area contributed by atoms with E-state index in [1.165, 1.54) is 16.7 Å². The van der Waals surface area contributed by atoms with Crippen molar-refractivity contribution in [1.29, 1.82) is 0 Å². The van der Waals surface area contributed by atoms with Gasteiger partial charge < -0.3 is 9.84 Å². The van der Waals surface area contributed by atoms with Crippen molar-refractivity contribution in [1.82, 2.24) is 0 Å². The van der Waals surface area contributed by atoms with E-state index in [9.17, 15) is 9.90 Å². The number of ether oxygens (including phenoxy) is 1. The summed E-state index contributed by atoms with van der Waals surface area (Å²) in [5.74, 6) is 0.291. The van der Waals surface area contributed by atoms with Gasteiger partial charge in [0.1, 0.15) is 5.75 Å². The second kappa shape index (κ2) is 4.79. The molecule has 0 radical (unpaired) electrons. The maximum atomic E-state index is 12.2. The van der Waals surface area contributed by atoms with Gasteiger partial charge in [0.15, 0.2) is 5.60 Å². The average Bonchev–Trinajstić information content (AvgIpc) is 3.04. The van der Waals surface area contributed by atoms with Crippen molar-refractivity contribution < 1.29 is 14.6 Å². The standard InChI is InChI=1S/C24H32O3/c1-10-12-14-13(11-23(8,9)24-17(14)18(24)20(26)27-24)16(22(5,6)7)19(25)15(12)21(2,3)4/h25H,10-11H2,1-9H3. The molecule has 3 aliphatic rings. The molecule has 146 valence electrons. The lowest BCUT2D eigenvalue weighted by molar-refractivity contribution is -0.167. The summed E-state index contributed by atoms with van der Waals surface area (Å²) in [7, 11) is 0. The van der Waals surface area contributed by atoms with Gasteiger partial charge in [-0.25, -0.2) is 4.79 Å². The van der Waals surface area contributed by atoms with E-state index in [1.54, 1.807) is 0 Å². The van der Waals surface area contributed by atoms with Gasteiger partial charge in [-0.15, -0.1) is 0 Å². The van der Waals surface area contributed by atoms with Crippen LogP contribution < -0.4 is 0 Å². The molecular weight excluding hydrogens is 336 g/mol. The summed E-state index contributed by atoms with van der Waals surface area (Å²) in [6.45, 7) is 19.5. The third-order valence-corrected chi connectivity index (χ3v) is 6.70. The van der Waals surface area contributed by atoms with E-state index in [-0.39, 0.29) is 22.2 Å². The largest absolute Gasteiger partial charge is 0.507 e. The van der Waals surface area contributed by atoms with Gasteiger partial charge in [-0.1, -0.05) is 62.3 Å². The molecule has 3 nitrogen and oxygen atoms in total. The zero-order chi connectivity index (χ0) is 20.3. The van der Waals surface area contributed by atoms with Crippen molar-refractivity contribution >= 4 is 11.5 Å². The Kier molecular flexibility index (Phi) is 3.30. The summed E-state index contributed by atoms with van der Waals surface area (Å²) in [4.78, 5) is 12.2. The Morgan fingerprint density at radius 3 is 2.00 bits per heavy atom. The lowest BCUT2D eigenvalue weighted by Crippen LogP contribution is -2.51. The number of esters is 1. The van der Waals surface area contributed by atoms with Crippen LogP contribution in [0, 0.1) is 5.41 Å². The van der Waals surface area contributed by atoms with Crippen molar-refractivity contribution in [2.45, 2.75) is 91.6 Å². The molecule has 1 N–H and O–H groups in total. The molecule has 1 unspecified atom stereocenters. The summed E-state index contributed by atoms with van der Waals surface area (Å²) in [6.07, 6.45) is 1.63. The Labute approximate surface area is 162 Å². The van der Waals surface area contributed by atoms with Gasteiger partial charge in [-0.2, -0.15) is 0 Å². The monoisotopic (exact) mass is 368 g/mol. The number of carbonyl (C=O) groups is 1. The summed E-state index contributed by atoms with van der Waals surface area (Å²) < 4.78 is 5.78. The van der Waals surface area contributed by atoms with Crippen LogP contribution in [0.2, 0.25) is 0 Å². The second-order valence-corrected chi connectivity index (χ2v) is 11.2. The second-order valence-electron chi connectivity index (χ2n) is 11.2. The summed E-state index contributed by atoms with van der Waals surface area (Å²) in [5, 5.41) is 11.5. The first kappa shape index (κ1) is 18.6. The molecule has 2 aliphatic carbocycles. The molecule has 1 aromatic rings. The van der Waals surface area contributed by atoms with Crippen molar-refractivity contribution in [3.8, 4) is 5.75 Å². The van der Waals surface area contributed by atoms with E-state index in [0.717, 1.165) is 35.1 Å². The fraction of sp³-hybridized carbons (Fsp3) is 0.625. The fourth-order valence-corrected chi connectivity index (χ4v) is 5.73. The average molecular weight is 369 g/mol. The third-order valence-electron chi connectivity index (χ3n) is 6.70. The van der Waals surface area contributed by atoms with Gasteiger partial charge in [0.25, 0.3) is 0 Å². The minimum absolute atomic E-state index is 0.157. The minimum Gasteiger partial charge on any atom is -0.507 e. The molecule has 1 heterocycles. The maximum absolute atomic E-state index is 12.2. The fourth-order valence-electron chi connectivity index (χ4n) is 5.73. The van der Waals surface area contributed by atoms with E-state index in [0.29, 0.717) is 5.75 Å². The van der Waals surface area contributed by atoms with Crippen LogP contribution in [0.5, 0.6) is 5.75 Å². The van der Waals surface area contributed by atoms with Crippen molar-refractivity contribution in [2.24, 2.45) is 5.41 Å². The molecule has 1 aliphatic heterocycles. The summed E-state index contributed by atoms with van der Waals surface area (Å²) in [6, 6.07) is 0. The number of carbonyl (C=O) groups excluding carboxylic acids is 1. The lowest BCUT2D eigenvalue weighted by Gasteiger charge is -2.46. The van der Waals surface area contributed by atoms with Gasteiger partial charge in [0.2, 0.25) is 0 Å². The summed E-state index contributed by atoms with van der Waals surface area (Å²) in [5.41, 5.74) is 6.61. The number of hydrogen-bond donors (Lipinski definition) is 1. The van der Waals surface area contributed by atoms with Crippen LogP contribution in [-0.4, -0.2) is 16.7 Å². The topological polar surface area (TPSA) is 46.5 Å². The van der Waals surface area contributed by atoms with Crippen LogP contribution >= 0.6 is 0 Å². The van der Waals surface area contributed by atoms with Crippen molar-refractivity contribution in [3.63, 3.8) is 0 Å². The highest BCUT2D eigenvalue weighted by Crippen LogP contribution is 2.73. The quantitative estimate of drug-likeness (QED) is 0.694. The first-order valence-corrected chi connectivity index (χ1v) is 10.1. The first-order valence-electron chi connectivity index (χ1n) is 10.1. The Balaban J connectivity index is 2.17. The van der Waals surface area contributed by atoms with E-state index in [4.69, 9.17) is 4.74 Å². The number of phenols is 1. The number of aromatic hydroxyl groups is 1. The van der Waals surface area contributed by atoms with Gasteiger partial charge in [0.05, 0.1) is 5.57 Å². The number of benzene rings is 1.